The summed E-state index contributed by atoms with van der Waals surface area (Å²) in [6, 6.07) is 8.85. The molecule has 0 aliphatic carbocycles. The Labute approximate surface area is 121 Å². The lowest BCUT2D eigenvalue weighted by atomic mass is 9.85. The van der Waals surface area contributed by atoms with Crippen LogP contribution in [0.5, 0.6) is 0 Å². The summed E-state index contributed by atoms with van der Waals surface area (Å²) in [6.45, 7) is 6.53. The molecule has 0 radical (unpaired) electrons. The Morgan fingerprint density at radius 2 is 2.00 bits per heavy atom. The summed E-state index contributed by atoms with van der Waals surface area (Å²) >= 11 is 0. The van der Waals surface area contributed by atoms with E-state index < -0.39 is 0 Å². The number of hydrogen-bond donors (Lipinski definition) is 1. The van der Waals surface area contributed by atoms with Crippen LogP contribution in [0.15, 0.2) is 29.3 Å². The second-order valence-corrected chi connectivity index (χ2v) is 5.25. The number of benzene rings is 1. The molecule has 20 heavy (non-hydrogen) atoms. The SMILES string of the molecule is CCc1ccc(C2(CC)CN=C(N)N2CCOC)cc1. The number of nitrogens with two attached hydrogens (primary N) is 1. The molecule has 0 bridgehead atoms. The number of hydrogen-bond acceptors (Lipinski definition) is 4. The Morgan fingerprint density at radius 3 is 2.55 bits per heavy atom. The lowest BCUT2D eigenvalue weighted by Gasteiger charge is -2.39. The van der Waals surface area contributed by atoms with Crippen molar-refractivity contribution in [2.45, 2.75) is 32.2 Å². The van der Waals surface area contributed by atoms with Crippen LogP contribution >= 0.6 is 0 Å². The van der Waals surface area contributed by atoms with Gasteiger partial charge in [0.25, 0.3) is 0 Å². The highest BCUT2D eigenvalue weighted by Crippen LogP contribution is 2.36. The maximum absolute atomic E-state index is 6.08. The van der Waals surface area contributed by atoms with Crippen LogP contribution in [0.25, 0.3) is 0 Å². The van der Waals surface area contributed by atoms with E-state index in [9.17, 15) is 0 Å². The van der Waals surface area contributed by atoms with Gasteiger partial charge in [-0.1, -0.05) is 38.1 Å². The van der Waals surface area contributed by atoms with E-state index in [1.807, 2.05) is 0 Å². The molecule has 0 saturated carbocycles. The molecule has 1 atom stereocenters. The van der Waals surface area contributed by atoms with Crippen molar-refractivity contribution in [3.63, 3.8) is 0 Å². The van der Waals surface area contributed by atoms with Crippen molar-refractivity contribution in [1.29, 1.82) is 0 Å². The molecule has 1 aromatic rings. The van der Waals surface area contributed by atoms with Gasteiger partial charge in [0.05, 0.1) is 18.7 Å². The molecule has 1 heterocycles. The van der Waals surface area contributed by atoms with Crippen molar-refractivity contribution in [2.75, 3.05) is 26.8 Å². The first-order valence-corrected chi connectivity index (χ1v) is 7.34. The third-order valence-electron chi connectivity index (χ3n) is 4.30. The zero-order valence-electron chi connectivity index (χ0n) is 12.7. The van der Waals surface area contributed by atoms with E-state index in [4.69, 9.17) is 10.5 Å². The average Bonchev–Trinajstić information content (AvgIpc) is 2.82. The van der Waals surface area contributed by atoms with Crippen molar-refractivity contribution < 1.29 is 4.74 Å². The molecule has 2 N–H and O–H groups in total. The number of nitrogens with zero attached hydrogens (tertiary/aromatic N) is 2. The molecular formula is C16H25N3O. The number of methoxy groups -OCH3 is 1. The van der Waals surface area contributed by atoms with Crippen LogP contribution in [-0.4, -0.2) is 37.7 Å². The van der Waals surface area contributed by atoms with E-state index in [1.54, 1.807) is 7.11 Å². The fourth-order valence-electron chi connectivity index (χ4n) is 2.92. The minimum Gasteiger partial charge on any atom is -0.383 e. The normalized spacial score (nSPS) is 22.1. The van der Waals surface area contributed by atoms with E-state index in [0.717, 1.165) is 25.9 Å². The first kappa shape index (κ1) is 14.9. The molecule has 110 valence electrons. The summed E-state index contributed by atoms with van der Waals surface area (Å²) in [4.78, 5) is 6.67. The molecule has 4 heteroatoms. The maximum Gasteiger partial charge on any atom is 0.192 e. The van der Waals surface area contributed by atoms with E-state index >= 15 is 0 Å². The monoisotopic (exact) mass is 275 g/mol. The van der Waals surface area contributed by atoms with Gasteiger partial charge in [-0.3, -0.25) is 4.99 Å². The average molecular weight is 275 g/mol. The zero-order valence-corrected chi connectivity index (χ0v) is 12.7. The van der Waals surface area contributed by atoms with E-state index in [1.165, 1.54) is 11.1 Å². The quantitative estimate of drug-likeness (QED) is 0.865. The van der Waals surface area contributed by atoms with Crippen LogP contribution in [0.3, 0.4) is 0 Å². The van der Waals surface area contributed by atoms with Gasteiger partial charge >= 0.3 is 0 Å². The van der Waals surface area contributed by atoms with Crippen molar-refractivity contribution in [2.24, 2.45) is 10.7 Å². The van der Waals surface area contributed by atoms with Gasteiger partial charge in [0, 0.05) is 13.7 Å². The summed E-state index contributed by atoms with van der Waals surface area (Å²) in [5.41, 5.74) is 8.61. The highest BCUT2D eigenvalue weighted by atomic mass is 16.5. The molecule has 0 saturated heterocycles. The number of ether oxygens (including phenoxy) is 1. The molecule has 1 aromatic carbocycles. The largest absolute Gasteiger partial charge is 0.383 e. The molecule has 0 spiro atoms. The first-order valence-electron chi connectivity index (χ1n) is 7.34. The van der Waals surface area contributed by atoms with Gasteiger partial charge < -0.3 is 15.4 Å². The minimum absolute atomic E-state index is 0.116. The summed E-state index contributed by atoms with van der Waals surface area (Å²) in [7, 11) is 1.72. The molecule has 0 amide bonds. The Balaban J connectivity index is 2.31. The molecule has 0 fully saturated rings. The summed E-state index contributed by atoms with van der Waals surface area (Å²) in [6.07, 6.45) is 2.04. The third-order valence-corrected chi connectivity index (χ3v) is 4.30. The van der Waals surface area contributed by atoms with Crippen molar-refractivity contribution in [3.8, 4) is 0 Å². The minimum atomic E-state index is -0.116. The van der Waals surface area contributed by atoms with Crippen LogP contribution in [-0.2, 0) is 16.7 Å². The summed E-state index contributed by atoms with van der Waals surface area (Å²) < 4.78 is 5.21. The predicted molar refractivity (Wildman–Crippen MR) is 82.9 cm³/mol. The van der Waals surface area contributed by atoms with Gasteiger partial charge in [0.2, 0.25) is 0 Å². The molecule has 1 aliphatic rings. The Kier molecular flexibility index (Phi) is 4.65. The number of aliphatic imine (C=N–C) groups is 1. The second kappa shape index (κ2) is 6.27. The van der Waals surface area contributed by atoms with Crippen molar-refractivity contribution in [3.05, 3.63) is 35.4 Å². The predicted octanol–water partition coefficient (Wildman–Crippen LogP) is 2.13. The van der Waals surface area contributed by atoms with Gasteiger partial charge in [-0.25, -0.2) is 0 Å². The molecule has 1 unspecified atom stereocenters. The Hall–Kier alpha value is -1.55. The van der Waals surface area contributed by atoms with Gasteiger partial charge in [0.1, 0.15) is 0 Å². The van der Waals surface area contributed by atoms with Gasteiger partial charge in [0.15, 0.2) is 5.96 Å². The molecule has 2 rings (SSSR count). The highest BCUT2D eigenvalue weighted by molar-refractivity contribution is 5.81. The van der Waals surface area contributed by atoms with Crippen molar-refractivity contribution in [1.82, 2.24) is 4.90 Å². The summed E-state index contributed by atoms with van der Waals surface area (Å²) in [5.74, 6) is 0.628. The van der Waals surface area contributed by atoms with Crippen LogP contribution < -0.4 is 5.73 Å². The highest BCUT2D eigenvalue weighted by Gasteiger charge is 2.41. The Morgan fingerprint density at radius 1 is 1.30 bits per heavy atom. The number of aryl methyl sites for hydroxylation is 1. The molecule has 1 aliphatic heterocycles. The first-order chi connectivity index (χ1) is 9.67. The lowest BCUT2D eigenvalue weighted by molar-refractivity contribution is 0.125. The molecule has 4 nitrogen and oxygen atoms in total. The van der Waals surface area contributed by atoms with Crippen LogP contribution in [0.1, 0.15) is 31.4 Å². The Bertz CT molecular complexity index is 469. The fourth-order valence-corrected chi connectivity index (χ4v) is 2.92. The van der Waals surface area contributed by atoms with Crippen LogP contribution in [0, 0.1) is 0 Å². The smallest absolute Gasteiger partial charge is 0.192 e. The zero-order chi connectivity index (χ0) is 14.6. The summed E-state index contributed by atoms with van der Waals surface area (Å²) in [5, 5.41) is 0. The number of rotatable bonds is 6. The third kappa shape index (κ3) is 2.52. The standard InChI is InChI=1S/C16H25N3O/c1-4-13-6-8-14(9-7-13)16(5-2)12-18-15(17)19(16)10-11-20-3/h6-9H,4-5,10-12H2,1-3H3,(H2,17,18). The lowest BCUT2D eigenvalue weighted by Crippen LogP contribution is -2.50. The molecule has 0 aromatic heterocycles. The van der Waals surface area contributed by atoms with Gasteiger partial charge in [-0.2, -0.15) is 0 Å². The van der Waals surface area contributed by atoms with Crippen LogP contribution in [0.2, 0.25) is 0 Å². The number of guanidine groups is 1. The molecular weight excluding hydrogens is 250 g/mol. The van der Waals surface area contributed by atoms with Gasteiger partial charge in [-0.15, -0.1) is 0 Å². The van der Waals surface area contributed by atoms with Crippen molar-refractivity contribution >= 4 is 5.96 Å². The second-order valence-electron chi connectivity index (χ2n) is 5.25. The van der Waals surface area contributed by atoms with E-state index in [2.05, 4.69) is 48.0 Å². The van der Waals surface area contributed by atoms with E-state index in [-0.39, 0.29) is 5.54 Å². The van der Waals surface area contributed by atoms with Crippen LogP contribution in [0.4, 0.5) is 0 Å². The van der Waals surface area contributed by atoms with Gasteiger partial charge in [-0.05, 0) is 24.0 Å². The fraction of sp³-hybridized carbons (Fsp3) is 0.562. The topological polar surface area (TPSA) is 50.8 Å². The maximum atomic E-state index is 6.08. The van der Waals surface area contributed by atoms with E-state index in [0.29, 0.717) is 12.6 Å².